The second-order valence-electron chi connectivity index (χ2n) is 8.40. The Balaban J connectivity index is 1.48. The molecule has 5 rings (SSSR count). The third kappa shape index (κ3) is 3.43. The summed E-state index contributed by atoms with van der Waals surface area (Å²) in [7, 11) is 1.67. The van der Waals surface area contributed by atoms with Crippen LogP contribution < -0.4 is 10.3 Å². The van der Waals surface area contributed by atoms with E-state index in [0.717, 1.165) is 43.1 Å². The molecule has 3 aromatic rings. The first-order chi connectivity index (χ1) is 14.6. The van der Waals surface area contributed by atoms with Crippen LogP contribution in [0, 0.1) is 11.7 Å². The largest absolute Gasteiger partial charge is 0.497 e. The number of nitrogens with zero attached hydrogens (tertiary/aromatic N) is 2. The summed E-state index contributed by atoms with van der Waals surface area (Å²) in [6.07, 6.45) is 1.05. The van der Waals surface area contributed by atoms with E-state index in [9.17, 15) is 9.18 Å². The minimum Gasteiger partial charge on any atom is -0.497 e. The van der Waals surface area contributed by atoms with Gasteiger partial charge in [-0.3, -0.25) is 9.69 Å². The molecular formula is C25H25FN2O2. The zero-order valence-electron chi connectivity index (χ0n) is 17.1. The van der Waals surface area contributed by atoms with Crippen molar-refractivity contribution >= 4 is 0 Å². The highest BCUT2D eigenvalue weighted by Gasteiger charge is 2.36. The zero-order valence-corrected chi connectivity index (χ0v) is 17.1. The van der Waals surface area contributed by atoms with Gasteiger partial charge in [-0.1, -0.05) is 30.3 Å². The van der Waals surface area contributed by atoms with Gasteiger partial charge in [-0.15, -0.1) is 0 Å². The fourth-order valence-electron chi connectivity index (χ4n) is 5.14. The summed E-state index contributed by atoms with van der Waals surface area (Å²) < 4.78 is 21.7. The maximum absolute atomic E-state index is 14.6. The van der Waals surface area contributed by atoms with Crippen LogP contribution in [0.25, 0.3) is 11.1 Å². The Bertz CT molecular complexity index is 1120. The molecule has 4 nitrogen and oxygen atoms in total. The average Bonchev–Trinajstić information content (AvgIpc) is 2.75. The van der Waals surface area contributed by atoms with Gasteiger partial charge < -0.3 is 9.30 Å². The number of piperidine rings is 1. The molecule has 1 fully saturated rings. The topological polar surface area (TPSA) is 34.5 Å². The molecule has 0 aliphatic carbocycles. The Hall–Kier alpha value is -2.92. The monoisotopic (exact) mass is 404 g/mol. The molecule has 30 heavy (non-hydrogen) atoms. The van der Waals surface area contributed by atoms with E-state index in [1.807, 2.05) is 22.8 Å². The first-order valence-corrected chi connectivity index (χ1v) is 10.5. The molecule has 3 heterocycles. The van der Waals surface area contributed by atoms with Crippen LogP contribution in [0.1, 0.15) is 23.6 Å². The summed E-state index contributed by atoms with van der Waals surface area (Å²) in [6, 6.07) is 18.4. The van der Waals surface area contributed by atoms with E-state index in [2.05, 4.69) is 17.0 Å². The fraction of sp³-hybridized carbons (Fsp3) is 0.320. The van der Waals surface area contributed by atoms with Gasteiger partial charge >= 0.3 is 0 Å². The van der Waals surface area contributed by atoms with Crippen molar-refractivity contribution in [2.24, 2.45) is 5.92 Å². The van der Waals surface area contributed by atoms with Crippen LogP contribution in [0.3, 0.4) is 0 Å². The summed E-state index contributed by atoms with van der Waals surface area (Å²) in [5, 5.41) is 0. The smallest absolute Gasteiger partial charge is 0.250 e. The van der Waals surface area contributed by atoms with E-state index < -0.39 is 0 Å². The number of aromatic nitrogens is 1. The molecule has 2 atom stereocenters. The predicted octanol–water partition coefficient (Wildman–Crippen LogP) is 4.28. The van der Waals surface area contributed by atoms with Crippen LogP contribution in [0.2, 0.25) is 0 Å². The molecule has 0 amide bonds. The molecule has 2 bridgehead atoms. The molecule has 0 saturated carbocycles. The molecule has 2 aliphatic heterocycles. The Labute approximate surface area is 175 Å². The molecule has 0 unspecified atom stereocenters. The molecule has 0 radical (unpaired) electrons. The number of methoxy groups -OCH3 is 1. The Morgan fingerprint density at radius 1 is 0.967 bits per heavy atom. The highest BCUT2D eigenvalue weighted by molar-refractivity contribution is 5.67. The molecule has 0 spiro atoms. The first-order valence-electron chi connectivity index (χ1n) is 10.5. The van der Waals surface area contributed by atoms with Crippen LogP contribution in [-0.2, 0) is 13.1 Å². The molecule has 1 aromatic heterocycles. The predicted molar refractivity (Wildman–Crippen MR) is 115 cm³/mol. The van der Waals surface area contributed by atoms with Gasteiger partial charge in [0, 0.05) is 55.0 Å². The van der Waals surface area contributed by atoms with Gasteiger partial charge in [0.2, 0.25) is 0 Å². The van der Waals surface area contributed by atoms with E-state index in [4.69, 9.17) is 4.74 Å². The number of fused-ring (bicyclic) bond motifs is 4. The molecule has 2 aliphatic rings. The van der Waals surface area contributed by atoms with Gasteiger partial charge in [-0.2, -0.15) is 0 Å². The standard InChI is InChI=1S/C25H25FN2O2/c1-30-20-8-6-17(7-9-20)13-27-14-18-12-19(16-27)25-22(10-11-24(29)28(25)15-18)21-4-2-3-5-23(21)26/h2-11,18-19H,12-16H2,1H3/t18-,19+/m0/s1. The van der Waals surface area contributed by atoms with Crippen LogP contribution in [0.4, 0.5) is 4.39 Å². The molecule has 1 saturated heterocycles. The van der Waals surface area contributed by atoms with Gasteiger partial charge in [0.25, 0.3) is 5.56 Å². The number of halogens is 1. The van der Waals surface area contributed by atoms with Crippen molar-refractivity contribution < 1.29 is 9.13 Å². The molecule has 0 N–H and O–H groups in total. The molecular weight excluding hydrogens is 379 g/mol. The Morgan fingerprint density at radius 2 is 1.77 bits per heavy atom. The van der Waals surface area contributed by atoms with E-state index in [0.29, 0.717) is 18.0 Å². The lowest BCUT2D eigenvalue weighted by Gasteiger charge is -2.43. The number of likely N-dealkylation sites (tertiary alicyclic amines) is 1. The molecule has 154 valence electrons. The van der Waals surface area contributed by atoms with Crippen molar-refractivity contribution in [3.8, 4) is 16.9 Å². The summed E-state index contributed by atoms with van der Waals surface area (Å²) >= 11 is 0. The normalized spacial score (nSPS) is 20.6. The van der Waals surface area contributed by atoms with Crippen molar-refractivity contribution in [2.45, 2.75) is 25.4 Å². The number of rotatable bonds is 4. The first kappa shape index (κ1) is 19.1. The second-order valence-corrected chi connectivity index (χ2v) is 8.40. The number of hydrogen-bond acceptors (Lipinski definition) is 3. The number of hydrogen-bond donors (Lipinski definition) is 0. The van der Waals surface area contributed by atoms with E-state index >= 15 is 0 Å². The maximum Gasteiger partial charge on any atom is 0.250 e. The van der Waals surface area contributed by atoms with E-state index in [-0.39, 0.29) is 17.3 Å². The zero-order chi connectivity index (χ0) is 20.7. The maximum atomic E-state index is 14.6. The second kappa shape index (κ2) is 7.73. The summed E-state index contributed by atoms with van der Waals surface area (Å²) in [5.74, 6) is 1.27. The molecule has 2 aromatic carbocycles. The SMILES string of the molecule is COc1ccc(CN2C[C@@H]3C[C@H](C2)c2c(-c4ccccc4F)ccc(=O)n2C3)cc1. The minimum atomic E-state index is -0.244. The van der Waals surface area contributed by atoms with Crippen LogP contribution in [0.5, 0.6) is 5.75 Å². The van der Waals surface area contributed by atoms with Crippen molar-refractivity contribution in [1.29, 1.82) is 0 Å². The molecule has 5 heteroatoms. The van der Waals surface area contributed by atoms with Gasteiger partial charge in [-0.05, 0) is 42.2 Å². The average molecular weight is 404 g/mol. The summed E-state index contributed by atoms with van der Waals surface area (Å²) in [6.45, 7) is 3.40. The van der Waals surface area contributed by atoms with Crippen molar-refractivity contribution in [3.63, 3.8) is 0 Å². The van der Waals surface area contributed by atoms with Crippen LogP contribution in [-0.4, -0.2) is 29.7 Å². The van der Waals surface area contributed by atoms with Gasteiger partial charge in [0.05, 0.1) is 7.11 Å². The summed E-state index contributed by atoms with van der Waals surface area (Å²) in [4.78, 5) is 15.1. The fourth-order valence-corrected chi connectivity index (χ4v) is 5.14. The summed E-state index contributed by atoms with van der Waals surface area (Å²) in [5.41, 5.74) is 3.68. The third-order valence-corrected chi connectivity index (χ3v) is 6.39. The van der Waals surface area contributed by atoms with Crippen molar-refractivity contribution in [3.05, 3.63) is 88.1 Å². The highest BCUT2D eigenvalue weighted by Crippen LogP contribution is 2.40. The third-order valence-electron chi connectivity index (χ3n) is 6.39. The van der Waals surface area contributed by atoms with Gasteiger partial charge in [0.1, 0.15) is 11.6 Å². The number of benzene rings is 2. The number of pyridine rings is 1. The van der Waals surface area contributed by atoms with E-state index in [1.54, 1.807) is 31.4 Å². The minimum absolute atomic E-state index is 0.0170. The van der Waals surface area contributed by atoms with Crippen LogP contribution in [0.15, 0.2) is 65.5 Å². The van der Waals surface area contributed by atoms with Crippen LogP contribution >= 0.6 is 0 Å². The number of ether oxygens (including phenoxy) is 1. The quantitative estimate of drug-likeness (QED) is 0.651. The van der Waals surface area contributed by atoms with Gasteiger partial charge in [-0.25, -0.2) is 4.39 Å². The van der Waals surface area contributed by atoms with Gasteiger partial charge in [0.15, 0.2) is 0 Å². The highest BCUT2D eigenvalue weighted by atomic mass is 19.1. The lowest BCUT2D eigenvalue weighted by atomic mass is 9.80. The lowest BCUT2D eigenvalue weighted by Crippen LogP contribution is -2.47. The Kier molecular flexibility index (Phi) is 4.91. The van der Waals surface area contributed by atoms with Crippen molar-refractivity contribution in [1.82, 2.24) is 9.47 Å². The van der Waals surface area contributed by atoms with Crippen molar-refractivity contribution in [2.75, 3.05) is 20.2 Å². The van der Waals surface area contributed by atoms with E-state index in [1.165, 1.54) is 11.6 Å². The Morgan fingerprint density at radius 3 is 2.53 bits per heavy atom. The lowest BCUT2D eigenvalue weighted by molar-refractivity contribution is 0.114.